The summed E-state index contributed by atoms with van der Waals surface area (Å²) in [5, 5.41) is 0. The largest absolute Gasteiger partial charge is 0.379 e. The van der Waals surface area contributed by atoms with Crippen molar-refractivity contribution >= 4 is 0 Å². The second-order valence-corrected chi connectivity index (χ2v) is 3.82. The molecule has 0 atom stereocenters. The molecule has 16 heavy (non-hydrogen) atoms. The van der Waals surface area contributed by atoms with Crippen LogP contribution in [-0.2, 0) is 9.47 Å². The Morgan fingerprint density at radius 1 is 0.812 bits per heavy atom. The highest BCUT2D eigenvalue weighted by molar-refractivity contribution is 4.94. The van der Waals surface area contributed by atoms with Gasteiger partial charge in [0.15, 0.2) is 0 Å². The smallest absolute Gasteiger partial charge is 0.0700 e. The van der Waals surface area contributed by atoms with E-state index in [-0.39, 0.29) is 0 Å². The molecular formula is C14H26O2. The van der Waals surface area contributed by atoms with E-state index < -0.39 is 0 Å². The normalized spacial score (nSPS) is 9.88. The maximum absolute atomic E-state index is 5.46. The van der Waals surface area contributed by atoms with Crippen LogP contribution in [0.3, 0.4) is 0 Å². The predicted octanol–water partition coefficient (Wildman–Crippen LogP) is 3.40. The number of hydrogen-bond donors (Lipinski definition) is 0. The lowest BCUT2D eigenvalue weighted by Gasteiger charge is -2.04. The first-order valence-corrected chi connectivity index (χ1v) is 6.47. The van der Waals surface area contributed by atoms with Gasteiger partial charge < -0.3 is 9.47 Å². The Morgan fingerprint density at radius 3 is 2.19 bits per heavy atom. The molecule has 0 aliphatic heterocycles. The number of rotatable bonds is 11. The average molecular weight is 226 g/mol. The van der Waals surface area contributed by atoms with Crippen LogP contribution < -0.4 is 0 Å². The topological polar surface area (TPSA) is 18.5 Å². The quantitative estimate of drug-likeness (QED) is 0.397. The van der Waals surface area contributed by atoms with Crippen molar-refractivity contribution in [2.75, 3.05) is 26.4 Å². The summed E-state index contributed by atoms with van der Waals surface area (Å²) in [6, 6.07) is 0. The lowest BCUT2D eigenvalue weighted by molar-refractivity contribution is 0.0484. The van der Waals surface area contributed by atoms with Crippen molar-refractivity contribution < 1.29 is 9.47 Å². The molecule has 0 saturated heterocycles. The summed E-state index contributed by atoms with van der Waals surface area (Å²) in [4.78, 5) is 0. The van der Waals surface area contributed by atoms with Crippen molar-refractivity contribution in [3.8, 4) is 11.8 Å². The Kier molecular flexibility index (Phi) is 14.0. The maximum atomic E-state index is 5.46. The summed E-state index contributed by atoms with van der Waals surface area (Å²) in [7, 11) is 0. The Balaban J connectivity index is 2.89. The van der Waals surface area contributed by atoms with Crippen molar-refractivity contribution in [2.24, 2.45) is 0 Å². The fourth-order valence-electron chi connectivity index (χ4n) is 1.38. The predicted molar refractivity (Wildman–Crippen MR) is 68.5 cm³/mol. The number of ether oxygens (including phenoxy) is 2. The second kappa shape index (κ2) is 14.5. The molecule has 0 unspecified atom stereocenters. The average Bonchev–Trinajstić information content (AvgIpc) is 2.31. The Morgan fingerprint density at radius 2 is 1.50 bits per heavy atom. The molecule has 0 aliphatic carbocycles. The first-order valence-electron chi connectivity index (χ1n) is 6.47. The summed E-state index contributed by atoms with van der Waals surface area (Å²) < 4.78 is 10.8. The number of hydrogen-bond acceptors (Lipinski definition) is 2. The minimum Gasteiger partial charge on any atom is -0.379 e. The van der Waals surface area contributed by atoms with Gasteiger partial charge in [0.25, 0.3) is 0 Å². The van der Waals surface area contributed by atoms with E-state index in [1.165, 1.54) is 32.1 Å². The van der Waals surface area contributed by atoms with Gasteiger partial charge in [0.05, 0.1) is 19.8 Å². The molecule has 2 heteroatoms. The van der Waals surface area contributed by atoms with Crippen LogP contribution >= 0.6 is 0 Å². The van der Waals surface area contributed by atoms with Crippen molar-refractivity contribution in [2.45, 2.75) is 52.4 Å². The minimum atomic E-state index is 0.695. The Bertz CT molecular complexity index is 179. The van der Waals surface area contributed by atoms with Crippen LogP contribution in [-0.4, -0.2) is 26.4 Å². The van der Waals surface area contributed by atoms with Gasteiger partial charge in [0.1, 0.15) is 0 Å². The lowest BCUT2D eigenvalue weighted by Crippen LogP contribution is -2.05. The fourth-order valence-corrected chi connectivity index (χ4v) is 1.38. The van der Waals surface area contributed by atoms with Gasteiger partial charge in [0.2, 0.25) is 0 Å². The van der Waals surface area contributed by atoms with Crippen molar-refractivity contribution in [3.05, 3.63) is 0 Å². The molecule has 0 aliphatic rings. The molecule has 0 aromatic carbocycles. The van der Waals surface area contributed by atoms with Crippen LogP contribution in [0, 0.1) is 11.8 Å². The van der Waals surface area contributed by atoms with Crippen molar-refractivity contribution in [1.29, 1.82) is 0 Å². The van der Waals surface area contributed by atoms with Crippen LogP contribution in [0.15, 0.2) is 0 Å². The summed E-state index contributed by atoms with van der Waals surface area (Å²) in [5.74, 6) is 5.81. The van der Waals surface area contributed by atoms with E-state index in [4.69, 9.17) is 9.47 Å². The molecule has 0 saturated carbocycles. The third-order valence-corrected chi connectivity index (χ3v) is 2.31. The fraction of sp³-hybridized carbons (Fsp3) is 0.857. The van der Waals surface area contributed by atoms with E-state index in [1.807, 2.05) is 6.92 Å². The molecule has 94 valence electrons. The highest BCUT2D eigenvalue weighted by Crippen LogP contribution is 2.02. The Hall–Kier alpha value is -0.520. The van der Waals surface area contributed by atoms with Crippen LogP contribution in [0.5, 0.6) is 0 Å². The standard InChI is InChI=1S/C14H26O2/c1-3-5-7-8-10-12-16-14-13-15-11-9-6-4-2/h3,5,7-14H2,1-2H3. The molecule has 0 fully saturated rings. The van der Waals surface area contributed by atoms with Gasteiger partial charge in [-0.1, -0.05) is 32.6 Å². The van der Waals surface area contributed by atoms with Crippen LogP contribution in [0.4, 0.5) is 0 Å². The van der Waals surface area contributed by atoms with Gasteiger partial charge in [-0.15, -0.1) is 11.8 Å². The van der Waals surface area contributed by atoms with Gasteiger partial charge in [-0.25, -0.2) is 0 Å². The van der Waals surface area contributed by atoms with Crippen LogP contribution in [0.2, 0.25) is 0 Å². The number of unbranched alkanes of at least 4 members (excludes halogenated alkanes) is 4. The van der Waals surface area contributed by atoms with Crippen molar-refractivity contribution in [3.63, 3.8) is 0 Å². The van der Waals surface area contributed by atoms with Gasteiger partial charge in [0, 0.05) is 13.0 Å². The maximum Gasteiger partial charge on any atom is 0.0700 e. The van der Waals surface area contributed by atoms with Gasteiger partial charge in [-0.2, -0.15) is 0 Å². The van der Waals surface area contributed by atoms with Crippen LogP contribution in [0.1, 0.15) is 52.4 Å². The third kappa shape index (κ3) is 13.5. The van der Waals surface area contributed by atoms with E-state index in [0.29, 0.717) is 13.2 Å². The summed E-state index contributed by atoms with van der Waals surface area (Å²) in [5.41, 5.74) is 0. The molecule has 0 N–H and O–H groups in total. The minimum absolute atomic E-state index is 0.695. The van der Waals surface area contributed by atoms with Crippen LogP contribution in [0.25, 0.3) is 0 Å². The first-order chi connectivity index (χ1) is 7.91. The molecule has 2 nitrogen and oxygen atoms in total. The Labute approximate surface area is 101 Å². The SMILES string of the molecule is CC#CCCOCCOCCCCCCC. The van der Waals surface area contributed by atoms with Gasteiger partial charge in [-0.05, 0) is 13.3 Å². The molecular weight excluding hydrogens is 200 g/mol. The van der Waals surface area contributed by atoms with E-state index in [1.54, 1.807) is 0 Å². The molecule has 0 aromatic heterocycles. The monoisotopic (exact) mass is 226 g/mol. The van der Waals surface area contributed by atoms with E-state index in [0.717, 1.165) is 19.6 Å². The molecule has 0 rings (SSSR count). The molecule has 0 radical (unpaired) electrons. The molecule has 0 bridgehead atoms. The zero-order valence-corrected chi connectivity index (χ0v) is 10.9. The summed E-state index contributed by atoms with van der Waals surface area (Å²) >= 11 is 0. The first kappa shape index (κ1) is 15.5. The summed E-state index contributed by atoms with van der Waals surface area (Å²) in [6.07, 6.45) is 7.29. The van der Waals surface area contributed by atoms with Gasteiger partial charge >= 0.3 is 0 Å². The van der Waals surface area contributed by atoms with Crippen molar-refractivity contribution in [1.82, 2.24) is 0 Å². The van der Waals surface area contributed by atoms with E-state index in [9.17, 15) is 0 Å². The molecule has 0 spiro atoms. The van der Waals surface area contributed by atoms with E-state index in [2.05, 4.69) is 18.8 Å². The van der Waals surface area contributed by atoms with Gasteiger partial charge in [-0.3, -0.25) is 0 Å². The lowest BCUT2D eigenvalue weighted by atomic mass is 10.2. The van der Waals surface area contributed by atoms with E-state index >= 15 is 0 Å². The highest BCUT2D eigenvalue weighted by Gasteiger charge is 1.91. The molecule has 0 heterocycles. The highest BCUT2D eigenvalue weighted by atomic mass is 16.5. The molecule has 0 amide bonds. The molecule has 0 aromatic rings. The third-order valence-electron chi connectivity index (χ3n) is 2.31. The summed E-state index contributed by atoms with van der Waals surface area (Å²) in [6.45, 7) is 7.09. The second-order valence-electron chi connectivity index (χ2n) is 3.82. The zero-order chi connectivity index (χ0) is 11.9. The zero-order valence-electron chi connectivity index (χ0n) is 10.9.